The summed E-state index contributed by atoms with van der Waals surface area (Å²) in [6.45, 7) is 5.59. The molecule has 0 aliphatic carbocycles. The normalized spacial score (nSPS) is 18.3. The highest BCUT2D eigenvalue weighted by atomic mass is 19.1. The van der Waals surface area contributed by atoms with E-state index in [9.17, 15) is 4.39 Å². The van der Waals surface area contributed by atoms with Crippen molar-refractivity contribution >= 4 is 5.82 Å². The van der Waals surface area contributed by atoms with Crippen molar-refractivity contribution < 1.29 is 4.39 Å². The first-order valence-electron chi connectivity index (χ1n) is 8.44. The molecule has 24 heavy (non-hydrogen) atoms. The minimum absolute atomic E-state index is 0.153. The van der Waals surface area contributed by atoms with Crippen LogP contribution in [0.3, 0.4) is 0 Å². The standard InChI is InChI=1S/C18H26FN5/c1-13-7-18-21-10-14(12-24(18)22-13)9-20-11-17(23(2)3)15-5-4-6-16(19)8-15/h4-8,14,17,20-21H,9-12H2,1-3H3/t14-,17-/m0/s1. The van der Waals surface area contributed by atoms with E-state index in [2.05, 4.69) is 26.7 Å². The molecule has 0 amide bonds. The van der Waals surface area contributed by atoms with Crippen molar-refractivity contribution in [3.8, 4) is 0 Å². The van der Waals surface area contributed by atoms with Crippen molar-refractivity contribution in [1.82, 2.24) is 20.0 Å². The number of hydrogen-bond acceptors (Lipinski definition) is 4. The molecule has 1 aromatic heterocycles. The monoisotopic (exact) mass is 331 g/mol. The molecule has 0 bridgehead atoms. The van der Waals surface area contributed by atoms with Crippen LogP contribution in [0.1, 0.15) is 17.3 Å². The van der Waals surface area contributed by atoms with E-state index in [4.69, 9.17) is 0 Å². The number of aryl methyl sites for hydroxylation is 1. The Morgan fingerprint density at radius 1 is 1.42 bits per heavy atom. The van der Waals surface area contributed by atoms with Crippen LogP contribution in [0.4, 0.5) is 10.2 Å². The predicted octanol–water partition coefficient (Wildman–Crippen LogP) is 2.26. The molecule has 1 aliphatic heterocycles. The lowest BCUT2D eigenvalue weighted by Crippen LogP contribution is -2.38. The van der Waals surface area contributed by atoms with Gasteiger partial charge in [-0.3, -0.25) is 0 Å². The fourth-order valence-electron chi connectivity index (χ4n) is 3.26. The van der Waals surface area contributed by atoms with E-state index in [0.717, 1.165) is 43.3 Å². The Hall–Kier alpha value is -1.92. The highest BCUT2D eigenvalue weighted by molar-refractivity contribution is 5.38. The molecule has 2 aromatic rings. The Morgan fingerprint density at radius 3 is 3.00 bits per heavy atom. The lowest BCUT2D eigenvalue weighted by atomic mass is 10.0. The van der Waals surface area contributed by atoms with Crippen LogP contribution in [-0.2, 0) is 6.54 Å². The van der Waals surface area contributed by atoms with Crippen molar-refractivity contribution in [2.24, 2.45) is 5.92 Å². The molecule has 2 atom stereocenters. The fraction of sp³-hybridized carbons (Fsp3) is 0.500. The summed E-state index contributed by atoms with van der Waals surface area (Å²) in [6, 6.07) is 9.09. The third-order valence-electron chi connectivity index (χ3n) is 4.53. The van der Waals surface area contributed by atoms with Gasteiger partial charge >= 0.3 is 0 Å². The number of fused-ring (bicyclic) bond motifs is 1. The lowest BCUT2D eigenvalue weighted by Gasteiger charge is -2.28. The van der Waals surface area contributed by atoms with Crippen LogP contribution in [0.15, 0.2) is 30.3 Å². The van der Waals surface area contributed by atoms with E-state index in [1.807, 2.05) is 31.8 Å². The zero-order valence-corrected chi connectivity index (χ0v) is 14.6. The Morgan fingerprint density at radius 2 is 2.25 bits per heavy atom. The molecule has 0 fully saturated rings. The second-order valence-electron chi connectivity index (χ2n) is 6.79. The second kappa shape index (κ2) is 7.32. The average Bonchev–Trinajstić information content (AvgIpc) is 2.90. The lowest BCUT2D eigenvalue weighted by molar-refractivity contribution is 0.279. The third-order valence-corrected chi connectivity index (χ3v) is 4.53. The summed E-state index contributed by atoms with van der Waals surface area (Å²) in [4.78, 5) is 2.12. The molecular formula is C18H26FN5. The molecule has 0 saturated heterocycles. The van der Waals surface area contributed by atoms with Crippen LogP contribution >= 0.6 is 0 Å². The van der Waals surface area contributed by atoms with Gasteiger partial charge in [0.1, 0.15) is 11.6 Å². The summed E-state index contributed by atoms with van der Waals surface area (Å²) >= 11 is 0. The summed E-state index contributed by atoms with van der Waals surface area (Å²) < 4.78 is 15.5. The summed E-state index contributed by atoms with van der Waals surface area (Å²) in [5.74, 6) is 1.42. The van der Waals surface area contributed by atoms with Gasteiger partial charge in [-0.25, -0.2) is 9.07 Å². The van der Waals surface area contributed by atoms with Crippen LogP contribution < -0.4 is 10.6 Å². The third kappa shape index (κ3) is 3.94. The zero-order valence-electron chi connectivity index (χ0n) is 14.6. The SMILES string of the molecule is Cc1cc2n(n1)C[C@@H](CNC[C@@H](c1cccc(F)c1)N(C)C)CN2. The van der Waals surface area contributed by atoms with Crippen LogP contribution in [0.5, 0.6) is 0 Å². The van der Waals surface area contributed by atoms with E-state index in [1.165, 1.54) is 6.07 Å². The smallest absolute Gasteiger partial charge is 0.124 e. The molecule has 130 valence electrons. The molecule has 2 N–H and O–H groups in total. The van der Waals surface area contributed by atoms with E-state index in [1.54, 1.807) is 12.1 Å². The summed E-state index contributed by atoms with van der Waals surface area (Å²) in [5.41, 5.74) is 2.05. The van der Waals surface area contributed by atoms with Crippen molar-refractivity contribution in [2.45, 2.75) is 19.5 Å². The molecule has 5 nitrogen and oxygen atoms in total. The van der Waals surface area contributed by atoms with E-state index in [-0.39, 0.29) is 11.9 Å². The van der Waals surface area contributed by atoms with Gasteiger partial charge in [-0.1, -0.05) is 12.1 Å². The zero-order chi connectivity index (χ0) is 17.1. The van der Waals surface area contributed by atoms with Gasteiger partial charge in [0.25, 0.3) is 0 Å². The summed E-state index contributed by atoms with van der Waals surface area (Å²) in [6.07, 6.45) is 0. The van der Waals surface area contributed by atoms with Crippen molar-refractivity contribution in [2.75, 3.05) is 39.0 Å². The van der Waals surface area contributed by atoms with Gasteiger partial charge in [-0.2, -0.15) is 5.10 Å². The van der Waals surface area contributed by atoms with Gasteiger partial charge in [-0.05, 0) is 38.7 Å². The van der Waals surface area contributed by atoms with Gasteiger partial charge < -0.3 is 15.5 Å². The van der Waals surface area contributed by atoms with Crippen LogP contribution in [0.25, 0.3) is 0 Å². The van der Waals surface area contributed by atoms with E-state index in [0.29, 0.717) is 5.92 Å². The van der Waals surface area contributed by atoms with Gasteiger partial charge in [0.05, 0.1) is 5.69 Å². The van der Waals surface area contributed by atoms with E-state index < -0.39 is 0 Å². The van der Waals surface area contributed by atoms with Gasteiger partial charge in [-0.15, -0.1) is 0 Å². The highest BCUT2D eigenvalue weighted by Gasteiger charge is 2.20. The van der Waals surface area contributed by atoms with Crippen molar-refractivity contribution in [3.63, 3.8) is 0 Å². The summed E-state index contributed by atoms with van der Waals surface area (Å²) in [5, 5.41) is 11.5. The Bertz CT molecular complexity index is 682. The quantitative estimate of drug-likeness (QED) is 0.852. The predicted molar refractivity (Wildman–Crippen MR) is 94.6 cm³/mol. The molecular weight excluding hydrogens is 305 g/mol. The second-order valence-corrected chi connectivity index (χ2v) is 6.79. The molecule has 2 heterocycles. The molecule has 0 radical (unpaired) electrons. The number of aromatic nitrogens is 2. The van der Waals surface area contributed by atoms with Crippen molar-refractivity contribution in [1.29, 1.82) is 0 Å². The van der Waals surface area contributed by atoms with Crippen LogP contribution in [0, 0.1) is 18.7 Å². The molecule has 0 unspecified atom stereocenters. The van der Waals surface area contributed by atoms with Gasteiger partial charge in [0.2, 0.25) is 0 Å². The number of anilines is 1. The maximum atomic E-state index is 13.5. The number of rotatable bonds is 6. The topological polar surface area (TPSA) is 45.1 Å². The number of likely N-dealkylation sites (N-methyl/N-ethyl adjacent to an activating group) is 1. The molecule has 3 rings (SSSR count). The Kier molecular flexibility index (Phi) is 5.16. The molecule has 0 spiro atoms. The van der Waals surface area contributed by atoms with Crippen LogP contribution in [-0.4, -0.2) is 48.4 Å². The maximum Gasteiger partial charge on any atom is 0.124 e. The minimum Gasteiger partial charge on any atom is -0.370 e. The molecule has 1 aromatic carbocycles. The first kappa shape index (κ1) is 16.9. The average molecular weight is 331 g/mol. The number of halogens is 1. The summed E-state index contributed by atoms with van der Waals surface area (Å²) in [7, 11) is 4.05. The number of benzene rings is 1. The first-order chi connectivity index (χ1) is 11.5. The first-order valence-corrected chi connectivity index (χ1v) is 8.44. The van der Waals surface area contributed by atoms with E-state index >= 15 is 0 Å². The minimum atomic E-state index is -0.183. The largest absolute Gasteiger partial charge is 0.370 e. The van der Waals surface area contributed by atoms with Crippen LogP contribution in [0.2, 0.25) is 0 Å². The number of nitrogens with zero attached hydrogens (tertiary/aromatic N) is 3. The maximum absolute atomic E-state index is 13.5. The Balaban J connectivity index is 1.55. The Labute approximate surface area is 142 Å². The fourth-order valence-corrected chi connectivity index (χ4v) is 3.26. The molecule has 1 aliphatic rings. The van der Waals surface area contributed by atoms with Gasteiger partial charge in [0, 0.05) is 44.2 Å². The highest BCUT2D eigenvalue weighted by Crippen LogP contribution is 2.20. The number of hydrogen-bond donors (Lipinski definition) is 2. The number of nitrogens with one attached hydrogen (secondary N) is 2. The molecule has 0 saturated carbocycles. The van der Waals surface area contributed by atoms with Gasteiger partial charge in [0.15, 0.2) is 0 Å². The van der Waals surface area contributed by atoms with Crippen molar-refractivity contribution in [3.05, 3.63) is 47.4 Å². The molecule has 6 heteroatoms.